The second-order valence-corrected chi connectivity index (χ2v) is 6.66. The molecule has 0 fully saturated rings. The average Bonchev–Trinajstić information content (AvgIpc) is 2.66. The SMILES string of the molecule is CC(=O)O.CC(NC(=O)[C@@H]1CCCc2cc3ccccc3c(=O)n21)C(=O)CF. The van der Waals surface area contributed by atoms with Crippen LogP contribution in [0.4, 0.5) is 4.39 Å². The van der Waals surface area contributed by atoms with Gasteiger partial charge in [0.2, 0.25) is 5.91 Å². The highest BCUT2D eigenvalue weighted by Gasteiger charge is 2.29. The molecule has 0 saturated heterocycles. The molecule has 2 atom stereocenters. The van der Waals surface area contributed by atoms with E-state index >= 15 is 0 Å². The van der Waals surface area contributed by atoms with Crippen molar-refractivity contribution >= 4 is 28.4 Å². The molecular formula is C20H23FN2O5. The van der Waals surface area contributed by atoms with Gasteiger partial charge in [-0.1, -0.05) is 18.2 Å². The van der Waals surface area contributed by atoms with E-state index in [9.17, 15) is 18.8 Å². The van der Waals surface area contributed by atoms with Crippen LogP contribution >= 0.6 is 0 Å². The molecule has 1 aromatic carbocycles. The monoisotopic (exact) mass is 390 g/mol. The lowest BCUT2D eigenvalue weighted by Gasteiger charge is -2.28. The number of aromatic nitrogens is 1. The molecule has 0 radical (unpaired) electrons. The molecule has 1 aliphatic heterocycles. The van der Waals surface area contributed by atoms with E-state index in [4.69, 9.17) is 9.90 Å². The number of Topliss-reactive ketones (excluding diaryl/α,β-unsaturated/α-hetero) is 1. The van der Waals surface area contributed by atoms with Gasteiger partial charge >= 0.3 is 0 Å². The highest BCUT2D eigenvalue weighted by molar-refractivity contribution is 5.91. The first-order chi connectivity index (χ1) is 13.3. The number of carbonyl (C=O) groups is 3. The third-order valence-electron chi connectivity index (χ3n) is 4.54. The Bertz CT molecular complexity index is 949. The number of alkyl halides is 1. The first-order valence-electron chi connectivity index (χ1n) is 8.98. The van der Waals surface area contributed by atoms with Crippen molar-refractivity contribution in [3.8, 4) is 0 Å². The Morgan fingerprint density at radius 1 is 1.32 bits per heavy atom. The van der Waals surface area contributed by atoms with Crippen molar-refractivity contribution in [2.45, 2.75) is 45.2 Å². The Hall–Kier alpha value is -3.03. The zero-order valence-corrected chi connectivity index (χ0v) is 15.8. The molecule has 2 heterocycles. The maximum absolute atomic E-state index is 12.8. The summed E-state index contributed by atoms with van der Waals surface area (Å²) in [5.74, 6) is -1.92. The minimum atomic E-state index is -1.12. The lowest BCUT2D eigenvalue weighted by atomic mass is 9.98. The van der Waals surface area contributed by atoms with E-state index in [2.05, 4.69) is 5.32 Å². The molecule has 0 bridgehead atoms. The largest absolute Gasteiger partial charge is 0.481 e. The molecule has 0 saturated carbocycles. The second kappa shape index (κ2) is 9.25. The Morgan fingerprint density at radius 2 is 1.96 bits per heavy atom. The first kappa shape index (κ1) is 21.3. The van der Waals surface area contributed by atoms with Gasteiger partial charge in [0, 0.05) is 18.0 Å². The van der Waals surface area contributed by atoms with Gasteiger partial charge in [0.1, 0.15) is 12.7 Å². The molecule has 0 spiro atoms. The lowest BCUT2D eigenvalue weighted by molar-refractivity contribution is -0.134. The number of carboxylic acid groups (broad SMARTS) is 1. The summed E-state index contributed by atoms with van der Waals surface area (Å²) in [6.45, 7) is 1.42. The molecule has 7 nitrogen and oxygen atoms in total. The first-order valence-corrected chi connectivity index (χ1v) is 8.98. The van der Waals surface area contributed by atoms with Crippen LogP contribution in [0.15, 0.2) is 35.1 Å². The number of carboxylic acids is 1. The summed E-state index contributed by atoms with van der Waals surface area (Å²) in [6.07, 6.45) is 2.03. The van der Waals surface area contributed by atoms with Crippen LogP contribution in [0.1, 0.15) is 38.4 Å². The molecule has 1 aromatic heterocycles. The predicted molar refractivity (Wildman–Crippen MR) is 102 cm³/mol. The fourth-order valence-corrected chi connectivity index (χ4v) is 3.22. The van der Waals surface area contributed by atoms with E-state index in [1.807, 2.05) is 18.2 Å². The number of amides is 1. The Balaban J connectivity index is 0.000000640. The molecule has 3 rings (SSSR count). The smallest absolute Gasteiger partial charge is 0.300 e. The Kier molecular flexibility index (Phi) is 7.03. The number of nitrogens with zero attached hydrogens (tertiary/aromatic N) is 1. The number of ketones is 1. The quantitative estimate of drug-likeness (QED) is 0.831. The molecule has 1 amide bonds. The van der Waals surface area contributed by atoms with E-state index in [1.54, 1.807) is 12.1 Å². The average molecular weight is 390 g/mol. The van der Waals surface area contributed by atoms with Gasteiger partial charge in [-0.2, -0.15) is 0 Å². The third-order valence-corrected chi connectivity index (χ3v) is 4.54. The number of halogens is 1. The number of nitrogens with one attached hydrogen (secondary N) is 1. The van der Waals surface area contributed by atoms with Crippen molar-refractivity contribution in [3.63, 3.8) is 0 Å². The van der Waals surface area contributed by atoms with Crippen molar-refractivity contribution in [2.75, 3.05) is 6.67 Å². The molecule has 2 aromatic rings. The zero-order valence-electron chi connectivity index (χ0n) is 15.8. The van der Waals surface area contributed by atoms with Crippen LogP contribution in [0.3, 0.4) is 0 Å². The van der Waals surface area contributed by atoms with Gasteiger partial charge < -0.3 is 10.4 Å². The van der Waals surface area contributed by atoms with Crippen LogP contribution in [0, 0.1) is 0 Å². The number of benzene rings is 1. The van der Waals surface area contributed by atoms with Crippen LogP contribution in [-0.4, -0.2) is 40.0 Å². The number of pyridine rings is 1. The van der Waals surface area contributed by atoms with Gasteiger partial charge in [0.05, 0.1) is 6.04 Å². The molecule has 1 unspecified atom stereocenters. The van der Waals surface area contributed by atoms with Gasteiger partial charge in [-0.3, -0.25) is 23.7 Å². The summed E-state index contributed by atoms with van der Waals surface area (Å²) in [6, 6.07) is 7.65. The predicted octanol–water partition coefficient (Wildman–Crippen LogP) is 2.01. The van der Waals surface area contributed by atoms with Crippen molar-refractivity contribution in [1.29, 1.82) is 0 Å². The minimum Gasteiger partial charge on any atom is -0.481 e. The van der Waals surface area contributed by atoms with Crippen LogP contribution in [0.5, 0.6) is 0 Å². The summed E-state index contributed by atoms with van der Waals surface area (Å²) in [5, 5.41) is 11.4. The van der Waals surface area contributed by atoms with Crippen molar-refractivity contribution in [1.82, 2.24) is 9.88 Å². The number of hydrogen-bond donors (Lipinski definition) is 2. The normalized spacial score (nSPS) is 16.3. The topological polar surface area (TPSA) is 105 Å². The van der Waals surface area contributed by atoms with E-state index in [0.29, 0.717) is 11.8 Å². The summed E-state index contributed by atoms with van der Waals surface area (Å²) >= 11 is 0. The minimum absolute atomic E-state index is 0.201. The highest BCUT2D eigenvalue weighted by atomic mass is 19.1. The molecule has 2 N–H and O–H groups in total. The number of carbonyl (C=O) groups excluding carboxylic acids is 2. The number of rotatable bonds is 4. The summed E-state index contributed by atoms with van der Waals surface area (Å²) in [7, 11) is 0. The summed E-state index contributed by atoms with van der Waals surface area (Å²) < 4.78 is 14.0. The summed E-state index contributed by atoms with van der Waals surface area (Å²) in [4.78, 5) is 45.7. The number of aliphatic carboxylic acids is 1. The van der Waals surface area contributed by atoms with E-state index < -0.39 is 36.4 Å². The van der Waals surface area contributed by atoms with E-state index in [0.717, 1.165) is 30.8 Å². The van der Waals surface area contributed by atoms with Gasteiger partial charge in [-0.25, -0.2) is 4.39 Å². The maximum Gasteiger partial charge on any atom is 0.300 e. The number of fused-ring (bicyclic) bond motifs is 2. The highest BCUT2D eigenvalue weighted by Crippen LogP contribution is 2.25. The molecule has 1 aliphatic rings. The fourth-order valence-electron chi connectivity index (χ4n) is 3.22. The van der Waals surface area contributed by atoms with Crippen LogP contribution < -0.4 is 10.9 Å². The van der Waals surface area contributed by atoms with Gasteiger partial charge in [-0.15, -0.1) is 0 Å². The van der Waals surface area contributed by atoms with Crippen molar-refractivity contribution < 1.29 is 23.9 Å². The van der Waals surface area contributed by atoms with Crippen LogP contribution in [-0.2, 0) is 20.8 Å². The Morgan fingerprint density at radius 3 is 2.61 bits per heavy atom. The summed E-state index contributed by atoms with van der Waals surface area (Å²) in [5.41, 5.74) is 0.613. The van der Waals surface area contributed by atoms with E-state index in [1.165, 1.54) is 11.5 Å². The van der Waals surface area contributed by atoms with Gasteiger partial charge in [0.25, 0.3) is 11.5 Å². The van der Waals surface area contributed by atoms with Crippen LogP contribution in [0.25, 0.3) is 10.8 Å². The fraction of sp³-hybridized carbons (Fsp3) is 0.400. The molecular weight excluding hydrogens is 367 g/mol. The molecule has 28 heavy (non-hydrogen) atoms. The van der Waals surface area contributed by atoms with Crippen molar-refractivity contribution in [3.05, 3.63) is 46.4 Å². The number of hydrogen-bond acceptors (Lipinski definition) is 4. The lowest BCUT2D eigenvalue weighted by Crippen LogP contribution is -2.46. The van der Waals surface area contributed by atoms with Gasteiger partial charge in [-0.05, 0) is 43.7 Å². The number of aryl methyl sites for hydroxylation is 1. The van der Waals surface area contributed by atoms with Gasteiger partial charge in [0.15, 0.2) is 5.78 Å². The van der Waals surface area contributed by atoms with Crippen molar-refractivity contribution in [2.24, 2.45) is 0 Å². The molecule has 8 heteroatoms. The van der Waals surface area contributed by atoms with Crippen LogP contribution in [0.2, 0.25) is 0 Å². The zero-order chi connectivity index (χ0) is 20.8. The molecule has 150 valence electrons. The third kappa shape index (κ3) is 4.82. The molecule has 0 aliphatic carbocycles. The second-order valence-electron chi connectivity index (χ2n) is 6.66. The van der Waals surface area contributed by atoms with E-state index in [-0.39, 0.29) is 5.56 Å². The Labute approximate surface area is 161 Å². The maximum atomic E-state index is 12.8. The standard InChI is InChI=1S/C18H19FN2O3.C2H4O2/c1-11(16(22)10-19)20-17(23)15-8-4-6-13-9-12-5-2-3-7-14(12)18(24)21(13)15;1-2(3)4/h2-3,5,7,9,11,15H,4,6,8,10H2,1H3,(H,20,23);1H3,(H,3,4)/t11?,15-;/m0./s1.